The van der Waals surface area contributed by atoms with E-state index in [0.717, 1.165) is 30.8 Å². The number of rotatable bonds is 5. The zero-order valence-electron chi connectivity index (χ0n) is 17.8. The molecule has 2 unspecified atom stereocenters. The van der Waals surface area contributed by atoms with Crippen LogP contribution in [-0.2, 0) is 18.9 Å². The Morgan fingerprint density at radius 2 is 1.68 bits per heavy atom. The first kappa shape index (κ1) is 23.3. The van der Waals surface area contributed by atoms with E-state index in [-0.39, 0.29) is 18.6 Å². The second kappa shape index (κ2) is 8.85. The van der Waals surface area contributed by atoms with Gasteiger partial charge in [0.25, 0.3) is 0 Å². The van der Waals surface area contributed by atoms with Crippen LogP contribution in [0.4, 0.5) is 0 Å². The molecule has 178 valence electrons. The second-order valence-corrected chi connectivity index (χ2v) is 9.77. The normalized spacial score (nSPS) is 50.7. The molecule has 2 bridgehead atoms. The minimum Gasteiger partial charge on any atom is -0.470 e. The first-order chi connectivity index (χ1) is 14.6. The minimum absolute atomic E-state index is 0.226. The highest BCUT2D eigenvalue weighted by molar-refractivity contribution is 5.20. The Kier molecular flexibility index (Phi) is 6.66. The summed E-state index contributed by atoms with van der Waals surface area (Å²) in [5, 5.41) is 60.0. The fraction of sp³-hybridized carbons (Fsp3) is 0.905. The van der Waals surface area contributed by atoms with Crippen LogP contribution in [0.15, 0.2) is 11.8 Å². The summed E-state index contributed by atoms with van der Waals surface area (Å²) < 4.78 is 21.9. The van der Waals surface area contributed by atoms with E-state index in [0.29, 0.717) is 5.92 Å². The van der Waals surface area contributed by atoms with E-state index >= 15 is 0 Å². The Balaban J connectivity index is 1.36. The van der Waals surface area contributed by atoms with Crippen LogP contribution in [0.25, 0.3) is 0 Å². The monoisotopic (exact) mass is 446 g/mol. The summed E-state index contributed by atoms with van der Waals surface area (Å²) in [6, 6.07) is 0. The van der Waals surface area contributed by atoms with Crippen LogP contribution in [0.2, 0.25) is 0 Å². The van der Waals surface area contributed by atoms with E-state index in [1.54, 1.807) is 6.26 Å². The van der Waals surface area contributed by atoms with Gasteiger partial charge in [0, 0.05) is 0 Å². The molecule has 5 aliphatic rings. The maximum Gasteiger partial charge on any atom is 0.228 e. The molecule has 2 heterocycles. The van der Waals surface area contributed by atoms with E-state index in [9.17, 15) is 30.6 Å². The predicted molar refractivity (Wildman–Crippen MR) is 104 cm³/mol. The van der Waals surface area contributed by atoms with E-state index in [4.69, 9.17) is 18.9 Å². The van der Waals surface area contributed by atoms with Gasteiger partial charge in [-0.2, -0.15) is 0 Å². The molecule has 10 heteroatoms. The SMILES string of the molecule is CC1(C)C2CC/C(=C/O[C@@H]3O[C@H](CO[C@@H]4OC[C@H](O)[C@@H](O)[C@H]4O)[C@H](O)[C@@H](O)[C@H]3O)C1C2. The summed E-state index contributed by atoms with van der Waals surface area (Å²) in [6.45, 7) is 3.96. The van der Waals surface area contributed by atoms with E-state index < -0.39 is 55.3 Å². The van der Waals surface area contributed by atoms with Crippen LogP contribution >= 0.6 is 0 Å². The number of aliphatic hydroxyl groups is 6. The van der Waals surface area contributed by atoms with Gasteiger partial charge in [0.1, 0.15) is 42.7 Å². The smallest absolute Gasteiger partial charge is 0.228 e. The molecule has 0 spiro atoms. The van der Waals surface area contributed by atoms with E-state index in [2.05, 4.69) is 13.8 Å². The standard InChI is InChI=1S/C21H34O10/c1-21(2)10-4-3-9(11(21)5-10)6-28-20-18(27)16(25)15(24)13(31-20)8-30-19-17(26)14(23)12(22)7-29-19/h6,10-20,22-27H,3-5,7-8H2,1-2H3/b9-6-/t10?,11?,12-,13+,14+,15-,16+,17+,18+,19-,20+/m0/s1. The Morgan fingerprint density at radius 3 is 2.35 bits per heavy atom. The van der Waals surface area contributed by atoms with Crippen molar-refractivity contribution in [3.63, 3.8) is 0 Å². The van der Waals surface area contributed by atoms with Crippen LogP contribution < -0.4 is 0 Å². The molecule has 31 heavy (non-hydrogen) atoms. The van der Waals surface area contributed by atoms with Gasteiger partial charge in [0.15, 0.2) is 6.29 Å². The molecule has 5 rings (SSSR count). The van der Waals surface area contributed by atoms with Crippen molar-refractivity contribution in [1.29, 1.82) is 0 Å². The molecule has 3 saturated carbocycles. The molecule has 0 amide bonds. The number of hydrogen-bond acceptors (Lipinski definition) is 10. The van der Waals surface area contributed by atoms with Crippen LogP contribution in [0, 0.1) is 17.3 Å². The zero-order valence-corrected chi connectivity index (χ0v) is 17.8. The topological polar surface area (TPSA) is 158 Å². The highest BCUT2D eigenvalue weighted by atomic mass is 16.7. The quantitative estimate of drug-likeness (QED) is 0.278. The van der Waals surface area contributed by atoms with Crippen molar-refractivity contribution in [3.8, 4) is 0 Å². The highest BCUT2D eigenvalue weighted by Crippen LogP contribution is 2.61. The number of fused-ring (bicyclic) bond motifs is 2. The molecule has 2 aliphatic heterocycles. The Labute approximate surface area is 181 Å². The number of aliphatic hydroxyl groups excluding tert-OH is 6. The minimum atomic E-state index is -1.52. The van der Waals surface area contributed by atoms with Gasteiger partial charge in [-0.05, 0) is 42.1 Å². The third-order valence-electron chi connectivity index (χ3n) is 7.60. The van der Waals surface area contributed by atoms with Gasteiger partial charge in [-0.15, -0.1) is 0 Å². The van der Waals surface area contributed by atoms with Gasteiger partial charge < -0.3 is 49.6 Å². The predicted octanol–water partition coefficient (Wildman–Crippen LogP) is -1.39. The fourth-order valence-electron chi connectivity index (χ4n) is 5.23. The molecule has 0 aromatic carbocycles. The molecule has 5 fully saturated rings. The maximum absolute atomic E-state index is 10.3. The molecular weight excluding hydrogens is 412 g/mol. The summed E-state index contributed by atoms with van der Waals surface area (Å²) in [5.41, 5.74) is 1.38. The van der Waals surface area contributed by atoms with Crippen molar-refractivity contribution in [1.82, 2.24) is 0 Å². The third-order valence-corrected chi connectivity index (χ3v) is 7.60. The lowest BCUT2D eigenvalue weighted by atomic mass is 9.47. The summed E-state index contributed by atoms with van der Waals surface area (Å²) in [6.07, 6.45) is -7.35. The molecule has 0 aromatic rings. The molecular formula is C21H34O10. The first-order valence-electron chi connectivity index (χ1n) is 10.9. The van der Waals surface area contributed by atoms with Crippen molar-refractivity contribution in [2.24, 2.45) is 17.3 Å². The molecule has 10 nitrogen and oxygen atoms in total. The van der Waals surface area contributed by atoms with Crippen molar-refractivity contribution in [2.75, 3.05) is 13.2 Å². The molecule has 11 atom stereocenters. The highest BCUT2D eigenvalue weighted by Gasteiger charge is 2.52. The number of hydrogen-bond donors (Lipinski definition) is 6. The zero-order chi connectivity index (χ0) is 22.5. The molecule has 6 N–H and O–H groups in total. The van der Waals surface area contributed by atoms with Crippen LogP contribution in [0.5, 0.6) is 0 Å². The van der Waals surface area contributed by atoms with Crippen LogP contribution in [0.1, 0.15) is 33.1 Å². The van der Waals surface area contributed by atoms with E-state index in [1.807, 2.05) is 0 Å². The summed E-state index contributed by atoms with van der Waals surface area (Å²) in [7, 11) is 0. The molecule has 3 aliphatic carbocycles. The average molecular weight is 446 g/mol. The summed E-state index contributed by atoms with van der Waals surface area (Å²) >= 11 is 0. The Hall–Kier alpha value is -0.820. The van der Waals surface area contributed by atoms with Gasteiger partial charge in [-0.25, -0.2) is 0 Å². The number of allylic oxidation sites excluding steroid dienone is 1. The second-order valence-electron chi connectivity index (χ2n) is 9.77. The maximum atomic E-state index is 10.3. The van der Waals surface area contributed by atoms with Crippen LogP contribution in [-0.4, -0.2) is 99.2 Å². The molecule has 0 aromatic heterocycles. The molecule has 2 saturated heterocycles. The third kappa shape index (κ3) is 4.25. The molecule has 0 radical (unpaired) electrons. The lowest BCUT2D eigenvalue weighted by Crippen LogP contribution is -2.60. The first-order valence-corrected chi connectivity index (χ1v) is 10.9. The van der Waals surface area contributed by atoms with Crippen molar-refractivity contribution >= 4 is 0 Å². The van der Waals surface area contributed by atoms with Gasteiger partial charge in [0.05, 0.1) is 19.5 Å². The lowest BCUT2D eigenvalue weighted by Gasteiger charge is -2.57. The van der Waals surface area contributed by atoms with Crippen molar-refractivity contribution in [2.45, 2.75) is 88.4 Å². The van der Waals surface area contributed by atoms with Crippen molar-refractivity contribution in [3.05, 3.63) is 11.8 Å². The summed E-state index contributed by atoms with van der Waals surface area (Å²) in [4.78, 5) is 0. The van der Waals surface area contributed by atoms with Gasteiger partial charge in [0.2, 0.25) is 6.29 Å². The van der Waals surface area contributed by atoms with E-state index in [1.165, 1.54) is 0 Å². The summed E-state index contributed by atoms with van der Waals surface area (Å²) in [5.74, 6) is 1.15. The van der Waals surface area contributed by atoms with Crippen molar-refractivity contribution < 1.29 is 49.6 Å². The Bertz CT molecular complexity index is 667. The fourth-order valence-corrected chi connectivity index (χ4v) is 5.23. The van der Waals surface area contributed by atoms with Gasteiger partial charge >= 0.3 is 0 Å². The Morgan fingerprint density at radius 1 is 0.968 bits per heavy atom. The largest absolute Gasteiger partial charge is 0.470 e. The lowest BCUT2D eigenvalue weighted by molar-refractivity contribution is -0.313. The van der Waals surface area contributed by atoms with Gasteiger partial charge in [-0.1, -0.05) is 13.8 Å². The van der Waals surface area contributed by atoms with Crippen LogP contribution in [0.3, 0.4) is 0 Å². The van der Waals surface area contributed by atoms with Gasteiger partial charge in [-0.3, -0.25) is 0 Å². The number of ether oxygens (including phenoxy) is 4. The average Bonchev–Trinajstić information content (AvgIpc) is 2.75.